The third-order valence-corrected chi connectivity index (χ3v) is 2.38. The molecule has 0 fully saturated rings. The van der Waals surface area contributed by atoms with E-state index in [1.165, 1.54) is 12.4 Å². The topological polar surface area (TPSA) is 83.8 Å². The summed E-state index contributed by atoms with van der Waals surface area (Å²) in [6, 6.07) is 9.39. The molecule has 0 saturated heterocycles. The number of aromatic amines is 1. The first-order valence-corrected chi connectivity index (χ1v) is 5.34. The van der Waals surface area contributed by atoms with Crippen molar-refractivity contribution in [3.63, 3.8) is 0 Å². The summed E-state index contributed by atoms with van der Waals surface area (Å²) >= 11 is 0. The Morgan fingerprint density at radius 3 is 2.88 bits per heavy atom. The molecule has 2 aromatic rings. The fourth-order valence-electron chi connectivity index (χ4n) is 1.52. The summed E-state index contributed by atoms with van der Waals surface area (Å²) in [5, 5.41) is 3.08. The Labute approximate surface area is 98.7 Å². The van der Waals surface area contributed by atoms with Crippen LogP contribution in [0.2, 0.25) is 0 Å². The summed E-state index contributed by atoms with van der Waals surface area (Å²) in [5.74, 6) is 0.562. The molecule has 0 aliphatic rings. The molecule has 0 saturated carbocycles. The highest BCUT2D eigenvalue weighted by molar-refractivity contribution is 5.34. The third kappa shape index (κ3) is 3.15. The van der Waals surface area contributed by atoms with E-state index in [1.807, 2.05) is 24.3 Å². The van der Waals surface area contributed by atoms with Crippen LogP contribution in [0.15, 0.2) is 41.5 Å². The minimum atomic E-state index is -0.168. The number of anilines is 1. The molecule has 0 unspecified atom stereocenters. The average molecular weight is 230 g/mol. The number of rotatable bonds is 4. The number of nitrogens with zero attached hydrogens (tertiary/aromatic N) is 1. The smallest absolute Gasteiger partial charge is 0.252 e. The first-order valence-electron chi connectivity index (χ1n) is 5.34. The second kappa shape index (κ2) is 5.27. The monoisotopic (exact) mass is 230 g/mol. The summed E-state index contributed by atoms with van der Waals surface area (Å²) in [6.45, 7) is 1.14. The Bertz CT molecular complexity index is 550. The molecule has 88 valence electrons. The van der Waals surface area contributed by atoms with Gasteiger partial charge in [-0.2, -0.15) is 0 Å². The molecular weight excluding hydrogens is 216 g/mol. The fourth-order valence-corrected chi connectivity index (χ4v) is 1.52. The van der Waals surface area contributed by atoms with Crippen LogP contribution in [0.4, 0.5) is 5.82 Å². The molecule has 17 heavy (non-hydrogen) atoms. The highest BCUT2D eigenvalue weighted by atomic mass is 16.1. The van der Waals surface area contributed by atoms with Gasteiger partial charge in [0.25, 0.3) is 5.56 Å². The predicted molar refractivity (Wildman–Crippen MR) is 66.5 cm³/mol. The molecule has 1 aromatic heterocycles. The number of hydrogen-bond donors (Lipinski definition) is 3. The second-order valence-electron chi connectivity index (χ2n) is 3.67. The van der Waals surface area contributed by atoms with E-state index in [0.29, 0.717) is 18.9 Å². The standard InChI is InChI=1S/C12H14N4O/c13-6-9-2-1-3-10(4-9)7-14-11-5-12(17)16-8-15-11/h1-5,8H,6-7,13H2,(H2,14,15,16,17). The number of benzene rings is 1. The number of hydrogen-bond acceptors (Lipinski definition) is 4. The van der Waals surface area contributed by atoms with Crippen LogP contribution < -0.4 is 16.6 Å². The lowest BCUT2D eigenvalue weighted by atomic mass is 10.1. The maximum absolute atomic E-state index is 11.0. The zero-order valence-corrected chi connectivity index (χ0v) is 9.31. The second-order valence-corrected chi connectivity index (χ2v) is 3.67. The van der Waals surface area contributed by atoms with E-state index in [9.17, 15) is 4.79 Å². The van der Waals surface area contributed by atoms with Gasteiger partial charge >= 0.3 is 0 Å². The van der Waals surface area contributed by atoms with Crippen molar-refractivity contribution in [2.45, 2.75) is 13.1 Å². The molecule has 5 nitrogen and oxygen atoms in total. The molecular formula is C12H14N4O. The van der Waals surface area contributed by atoms with Gasteiger partial charge in [-0.15, -0.1) is 0 Å². The fraction of sp³-hybridized carbons (Fsp3) is 0.167. The van der Waals surface area contributed by atoms with Crippen molar-refractivity contribution in [2.75, 3.05) is 5.32 Å². The molecule has 2 rings (SSSR count). The predicted octanol–water partition coefficient (Wildman–Crippen LogP) is 0.841. The SMILES string of the molecule is NCc1cccc(CNc2cc(=O)[nH]cn2)c1. The number of nitrogens with two attached hydrogens (primary N) is 1. The van der Waals surface area contributed by atoms with Crippen LogP contribution in [0.5, 0.6) is 0 Å². The lowest BCUT2D eigenvalue weighted by Gasteiger charge is -2.06. The molecule has 0 bridgehead atoms. The van der Waals surface area contributed by atoms with E-state index in [-0.39, 0.29) is 5.56 Å². The molecule has 0 aliphatic heterocycles. The van der Waals surface area contributed by atoms with Gasteiger partial charge in [0, 0.05) is 19.2 Å². The van der Waals surface area contributed by atoms with Gasteiger partial charge in [-0.1, -0.05) is 24.3 Å². The van der Waals surface area contributed by atoms with E-state index >= 15 is 0 Å². The van der Waals surface area contributed by atoms with E-state index in [1.54, 1.807) is 0 Å². The lowest BCUT2D eigenvalue weighted by Crippen LogP contribution is -2.09. The molecule has 0 radical (unpaired) electrons. The quantitative estimate of drug-likeness (QED) is 0.726. The van der Waals surface area contributed by atoms with E-state index in [2.05, 4.69) is 15.3 Å². The Hall–Kier alpha value is -2.14. The van der Waals surface area contributed by atoms with E-state index in [0.717, 1.165) is 11.1 Å². The molecule has 1 heterocycles. The molecule has 0 atom stereocenters. The first kappa shape index (κ1) is 11.3. The van der Waals surface area contributed by atoms with Gasteiger partial charge in [0.05, 0.1) is 6.33 Å². The van der Waals surface area contributed by atoms with Crippen molar-refractivity contribution in [3.8, 4) is 0 Å². The Kier molecular flexibility index (Phi) is 3.52. The van der Waals surface area contributed by atoms with Gasteiger partial charge in [0.15, 0.2) is 0 Å². The average Bonchev–Trinajstić information content (AvgIpc) is 2.37. The van der Waals surface area contributed by atoms with Crippen LogP contribution >= 0.6 is 0 Å². The van der Waals surface area contributed by atoms with Crippen molar-refractivity contribution >= 4 is 5.82 Å². The van der Waals surface area contributed by atoms with Gasteiger partial charge < -0.3 is 16.0 Å². The summed E-state index contributed by atoms with van der Waals surface area (Å²) in [5.41, 5.74) is 7.59. The highest BCUT2D eigenvalue weighted by Crippen LogP contribution is 2.06. The van der Waals surface area contributed by atoms with Gasteiger partial charge in [-0.05, 0) is 11.1 Å². The van der Waals surface area contributed by atoms with Gasteiger partial charge in [-0.25, -0.2) is 4.98 Å². The summed E-state index contributed by atoms with van der Waals surface area (Å²) in [7, 11) is 0. The van der Waals surface area contributed by atoms with Crippen molar-refractivity contribution in [1.82, 2.24) is 9.97 Å². The summed E-state index contributed by atoms with van der Waals surface area (Å²) in [6.07, 6.45) is 1.38. The normalized spacial score (nSPS) is 10.2. The van der Waals surface area contributed by atoms with Crippen LogP contribution in [-0.2, 0) is 13.1 Å². The zero-order valence-electron chi connectivity index (χ0n) is 9.31. The maximum Gasteiger partial charge on any atom is 0.252 e. The van der Waals surface area contributed by atoms with Crippen molar-refractivity contribution in [3.05, 3.63) is 58.1 Å². The Morgan fingerprint density at radius 2 is 2.12 bits per heavy atom. The van der Waals surface area contributed by atoms with Crippen molar-refractivity contribution in [1.29, 1.82) is 0 Å². The Morgan fingerprint density at radius 1 is 1.29 bits per heavy atom. The van der Waals surface area contributed by atoms with Crippen LogP contribution in [-0.4, -0.2) is 9.97 Å². The summed E-state index contributed by atoms with van der Waals surface area (Å²) < 4.78 is 0. The molecule has 0 aliphatic carbocycles. The molecule has 0 spiro atoms. The lowest BCUT2D eigenvalue weighted by molar-refractivity contribution is 1.03. The van der Waals surface area contributed by atoms with Gasteiger partial charge in [0.1, 0.15) is 5.82 Å². The molecule has 4 N–H and O–H groups in total. The largest absolute Gasteiger partial charge is 0.366 e. The first-order chi connectivity index (χ1) is 8.28. The zero-order chi connectivity index (χ0) is 12.1. The van der Waals surface area contributed by atoms with Crippen molar-refractivity contribution in [2.24, 2.45) is 5.73 Å². The highest BCUT2D eigenvalue weighted by Gasteiger charge is 1.97. The maximum atomic E-state index is 11.0. The summed E-state index contributed by atoms with van der Waals surface area (Å²) in [4.78, 5) is 17.5. The van der Waals surface area contributed by atoms with Crippen LogP contribution in [0.3, 0.4) is 0 Å². The molecule has 0 amide bonds. The van der Waals surface area contributed by atoms with Crippen LogP contribution in [0.25, 0.3) is 0 Å². The minimum Gasteiger partial charge on any atom is -0.366 e. The third-order valence-electron chi connectivity index (χ3n) is 2.38. The minimum absolute atomic E-state index is 0.168. The van der Waals surface area contributed by atoms with Crippen LogP contribution in [0, 0.1) is 0 Å². The van der Waals surface area contributed by atoms with Crippen molar-refractivity contribution < 1.29 is 0 Å². The Balaban J connectivity index is 2.04. The van der Waals surface area contributed by atoms with Gasteiger partial charge in [0.2, 0.25) is 0 Å². The number of H-pyrrole nitrogens is 1. The molecule has 1 aromatic carbocycles. The van der Waals surface area contributed by atoms with Crippen LogP contribution in [0.1, 0.15) is 11.1 Å². The number of nitrogens with one attached hydrogen (secondary N) is 2. The number of aromatic nitrogens is 2. The van der Waals surface area contributed by atoms with E-state index in [4.69, 9.17) is 5.73 Å². The van der Waals surface area contributed by atoms with E-state index < -0.39 is 0 Å². The van der Waals surface area contributed by atoms with Gasteiger partial charge in [-0.3, -0.25) is 4.79 Å². The molecule has 5 heteroatoms.